The molecule has 0 spiro atoms. The van der Waals surface area contributed by atoms with Gasteiger partial charge in [0.15, 0.2) is 12.1 Å². The van der Waals surface area contributed by atoms with Gasteiger partial charge in [0, 0.05) is 24.4 Å². The van der Waals surface area contributed by atoms with Crippen molar-refractivity contribution < 1.29 is 40.2 Å². The maximum Gasteiger partial charge on any atom is 0.333 e. The molecule has 3 aromatic rings. The van der Waals surface area contributed by atoms with E-state index in [1.165, 1.54) is 6.07 Å². The number of ether oxygens (including phenoxy) is 1. The zero-order chi connectivity index (χ0) is 24.3. The number of carbonyl (C=O) groups excluding carboxylic acids is 2. The Kier molecular flexibility index (Phi) is 8.21. The first-order valence-corrected chi connectivity index (χ1v) is 12.2. The van der Waals surface area contributed by atoms with E-state index >= 15 is 0 Å². The summed E-state index contributed by atoms with van der Waals surface area (Å²) in [6.07, 6.45) is 1.53. The standard InChI is InChI=1S/C29H30FN2O3.BrH/c30-25-14-8-7-13-24(25)26(33)19-32-17-15-21(16-18-32)27(20-32)35-29(34)28(22-9-3-1-4-10-22)31-23-11-5-2-6-12-23;/h1-14,21,27-28,31H,15-20H2;1H/q+1;/p-1/t21?,27-,28+,32?;/m0./s1. The highest BCUT2D eigenvalue weighted by Crippen LogP contribution is 2.37. The molecule has 0 aromatic heterocycles. The number of Topliss-reactive ketones (excluding diaryl/α,β-unsaturated/α-hetero) is 1. The van der Waals surface area contributed by atoms with Gasteiger partial charge in [0.1, 0.15) is 18.9 Å². The zero-order valence-electron chi connectivity index (χ0n) is 20.0. The molecule has 3 aliphatic rings. The predicted octanol–water partition coefficient (Wildman–Crippen LogP) is 2.02. The fourth-order valence-corrected chi connectivity index (χ4v) is 5.50. The fourth-order valence-electron chi connectivity index (χ4n) is 5.50. The minimum absolute atomic E-state index is 0. The van der Waals surface area contributed by atoms with E-state index in [0.717, 1.165) is 37.2 Å². The topological polar surface area (TPSA) is 55.4 Å². The van der Waals surface area contributed by atoms with E-state index in [2.05, 4.69) is 5.32 Å². The number of anilines is 1. The van der Waals surface area contributed by atoms with Gasteiger partial charge >= 0.3 is 5.97 Å². The number of ketones is 1. The van der Waals surface area contributed by atoms with Crippen molar-refractivity contribution in [1.82, 2.24) is 0 Å². The second-order valence-corrected chi connectivity index (χ2v) is 9.70. The van der Waals surface area contributed by atoms with E-state index in [1.54, 1.807) is 18.2 Å². The highest BCUT2D eigenvalue weighted by Gasteiger charge is 2.49. The van der Waals surface area contributed by atoms with Crippen LogP contribution in [0.2, 0.25) is 0 Å². The van der Waals surface area contributed by atoms with Gasteiger partial charge in [-0.05, 0) is 29.8 Å². The Bertz CT molecular complexity index is 1180. The smallest absolute Gasteiger partial charge is 0.333 e. The minimum Gasteiger partial charge on any atom is -1.00 e. The number of benzene rings is 3. The van der Waals surface area contributed by atoms with Gasteiger partial charge in [0.05, 0.1) is 18.7 Å². The Morgan fingerprint density at radius 2 is 1.53 bits per heavy atom. The van der Waals surface area contributed by atoms with Gasteiger partial charge in [0.2, 0.25) is 5.78 Å². The van der Waals surface area contributed by atoms with Crippen molar-refractivity contribution in [2.75, 3.05) is 31.5 Å². The lowest BCUT2D eigenvalue weighted by Gasteiger charge is -2.51. The maximum atomic E-state index is 14.2. The summed E-state index contributed by atoms with van der Waals surface area (Å²) >= 11 is 0. The molecule has 2 atom stereocenters. The quantitative estimate of drug-likeness (QED) is 0.264. The lowest BCUT2D eigenvalue weighted by Crippen LogP contribution is -3.00. The van der Waals surface area contributed by atoms with Crippen LogP contribution in [0.1, 0.15) is 34.8 Å². The Morgan fingerprint density at radius 1 is 0.917 bits per heavy atom. The van der Waals surface area contributed by atoms with Gasteiger partial charge in [-0.2, -0.15) is 0 Å². The van der Waals surface area contributed by atoms with Crippen LogP contribution >= 0.6 is 0 Å². The molecule has 6 rings (SSSR count). The van der Waals surface area contributed by atoms with Gasteiger partial charge < -0.3 is 31.5 Å². The van der Waals surface area contributed by atoms with Crippen LogP contribution in [0.15, 0.2) is 84.9 Å². The van der Waals surface area contributed by atoms with Crippen molar-refractivity contribution in [3.8, 4) is 0 Å². The molecule has 5 nitrogen and oxygen atoms in total. The van der Waals surface area contributed by atoms with Crippen LogP contribution in [0.5, 0.6) is 0 Å². The summed E-state index contributed by atoms with van der Waals surface area (Å²) in [5.41, 5.74) is 1.81. The largest absolute Gasteiger partial charge is 1.00 e. The molecule has 3 aromatic carbocycles. The molecular formula is C29H30BrFN2O3. The van der Waals surface area contributed by atoms with E-state index < -0.39 is 11.9 Å². The molecule has 0 radical (unpaired) electrons. The lowest BCUT2D eigenvalue weighted by molar-refractivity contribution is -0.938. The molecule has 0 aliphatic carbocycles. The summed E-state index contributed by atoms with van der Waals surface area (Å²) in [4.78, 5) is 26.4. The van der Waals surface area contributed by atoms with Gasteiger partial charge in [-0.3, -0.25) is 4.79 Å². The van der Waals surface area contributed by atoms with E-state index in [0.29, 0.717) is 11.0 Å². The molecule has 36 heavy (non-hydrogen) atoms. The number of nitrogens with zero attached hydrogens (tertiary/aromatic N) is 1. The highest BCUT2D eigenvalue weighted by molar-refractivity contribution is 5.97. The minimum atomic E-state index is -0.637. The predicted molar refractivity (Wildman–Crippen MR) is 132 cm³/mol. The number of quaternary nitrogens is 1. The number of hydrogen-bond acceptors (Lipinski definition) is 4. The van der Waals surface area contributed by atoms with Crippen molar-refractivity contribution >= 4 is 17.4 Å². The number of carbonyl (C=O) groups is 2. The van der Waals surface area contributed by atoms with E-state index in [1.807, 2.05) is 60.7 Å². The Balaban J connectivity index is 0.00000304. The normalized spacial score (nSPS) is 23.2. The van der Waals surface area contributed by atoms with E-state index in [9.17, 15) is 14.0 Å². The van der Waals surface area contributed by atoms with Crippen LogP contribution in [0, 0.1) is 11.7 Å². The molecular weight excluding hydrogens is 523 g/mol. The number of piperidine rings is 3. The summed E-state index contributed by atoms with van der Waals surface area (Å²) in [7, 11) is 0. The summed E-state index contributed by atoms with van der Waals surface area (Å²) < 4.78 is 20.9. The van der Waals surface area contributed by atoms with Crippen LogP contribution in [-0.2, 0) is 9.53 Å². The Labute approximate surface area is 221 Å². The molecule has 0 amide bonds. The van der Waals surface area contributed by atoms with Crippen LogP contribution < -0.4 is 22.3 Å². The molecule has 0 unspecified atom stereocenters. The van der Waals surface area contributed by atoms with Crippen molar-refractivity contribution in [2.45, 2.75) is 25.0 Å². The number of rotatable bonds is 8. The van der Waals surface area contributed by atoms with Crippen LogP contribution in [-0.4, -0.2) is 48.5 Å². The first-order chi connectivity index (χ1) is 17.0. The second-order valence-electron chi connectivity index (χ2n) is 9.70. The van der Waals surface area contributed by atoms with Gasteiger partial charge in [-0.15, -0.1) is 0 Å². The SMILES string of the molecule is O=C(C[N+]12CCC(CC1)[C@@H](OC(=O)[C@H](Nc1ccccc1)c1ccccc1)C2)c1ccccc1F.[Br-]. The first-order valence-electron chi connectivity index (χ1n) is 12.2. The Morgan fingerprint density at radius 3 is 2.19 bits per heavy atom. The molecule has 1 N–H and O–H groups in total. The lowest BCUT2D eigenvalue weighted by atomic mass is 9.82. The number of esters is 1. The summed E-state index contributed by atoms with van der Waals surface area (Å²) in [6, 6.07) is 24.7. The third kappa shape index (κ3) is 5.68. The number of hydrogen-bond donors (Lipinski definition) is 1. The summed E-state index contributed by atoms with van der Waals surface area (Å²) in [5.74, 6) is -0.710. The average Bonchev–Trinajstić information content (AvgIpc) is 2.89. The van der Waals surface area contributed by atoms with Crippen LogP contribution in [0.25, 0.3) is 0 Å². The molecule has 3 saturated heterocycles. The number of halogens is 2. The molecule has 188 valence electrons. The van der Waals surface area contributed by atoms with Crippen molar-refractivity contribution in [3.63, 3.8) is 0 Å². The molecule has 3 fully saturated rings. The van der Waals surface area contributed by atoms with Gasteiger partial charge in [0.25, 0.3) is 0 Å². The van der Waals surface area contributed by atoms with E-state index in [-0.39, 0.29) is 52.9 Å². The molecule has 3 heterocycles. The second kappa shape index (κ2) is 11.4. The van der Waals surface area contributed by atoms with E-state index in [4.69, 9.17) is 4.74 Å². The van der Waals surface area contributed by atoms with Crippen molar-refractivity contribution in [2.24, 2.45) is 5.92 Å². The molecule has 2 bridgehead atoms. The maximum absolute atomic E-state index is 14.2. The molecule has 0 saturated carbocycles. The third-order valence-electron chi connectivity index (χ3n) is 7.42. The first kappa shape index (κ1) is 26.0. The Hall–Kier alpha value is -3.03. The summed E-state index contributed by atoms with van der Waals surface area (Å²) in [6.45, 7) is 2.52. The average molecular weight is 553 g/mol. The van der Waals surface area contributed by atoms with Gasteiger partial charge in [-0.1, -0.05) is 60.7 Å². The molecule has 3 aliphatic heterocycles. The monoisotopic (exact) mass is 552 g/mol. The van der Waals surface area contributed by atoms with Crippen molar-refractivity contribution in [1.29, 1.82) is 0 Å². The number of fused-ring (bicyclic) bond motifs is 3. The number of para-hydroxylation sites is 1. The van der Waals surface area contributed by atoms with Crippen LogP contribution in [0.3, 0.4) is 0 Å². The van der Waals surface area contributed by atoms with Crippen LogP contribution in [0.4, 0.5) is 10.1 Å². The highest BCUT2D eigenvalue weighted by atomic mass is 79.9. The number of nitrogens with one attached hydrogen (secondary N) is 1. The van der Waals surface area contributed by atoms with Gasteiger partial charge in [-0.25, -0.2) is 9.18 Å². The summed E-state index contributed by atoms with van der Waals surface area (Å²) in [5, 5.41) is 3.32. The van der Waals surface area contributed by atoms with Crippen molar-refractivity contribution in [3.05, 3.63) is 102 Å². The fraction of sp³-hybridized carbons (Fsp3) is 0.310. The zero-order valence-corrected chi connectivity index (χ0v) is 21.6. The third-order valence-corrected chi connectivity index (χ3v) is 7.42. The molecule has 7 heteroatoms.